The van der Waals surface area contributed by atoms with Gasteiger partial charge in [0, 0.05) is 25.2 Å². The van der Waals surface area contributed by atoms with Crippen molar-refractivity contribution in [3.05, 3.63) is 29.6 Å². The van der Waals surface area contributed by atoms with E-state index in [9.17, 15) is 9.18 Å². The van der Waals surface area contributed by atoms with Gasteiger partial charge < -0.3 is 15.7 Å². The predicted octanol–water partition coefficient (Wildman–Crippen LogP) is 1.09. The number of hydrogen-bond acceptors (Lipinski definition) is 3. The monoisotopic (exact) mass is 238 g/mol. The van der Waals surface area contributed by atoms with Crippen LogP contribution in [0.15, 0.2) is 18.2 Å². The van der Waals surface area contributed by atoms with Crippen molar-refractivity contribution in [3.8, 4) is 5.75 Å². The van der Waals surface area contributed by atoms with Crippen LogP contribution in [0.5, 0.6) is 5.75 Å². The molecule has 1 aliphatic carbocycles. The Hall–Kier alpha value is -1.62. The number of halogens is 1. The van der Waals surface area contributed by atoms with Crippen LogP contribution in [0.4, 0.5) is 4.39 Å². The Morgan fingerprint density at radius 3 is 2.76 bits per heavy atom. The van der Waals surface area contributed by atoms with E-state index in [4.69, 9.17) is 10.8 Å². The molecule has 0 heterocycles. The van der Waals surface area contributed by atoms with Gasteiger partial charge in [-0.15, -0.1) is 0 Å². The summed E-state index contributed by atoms with van der Waals surface area (Å²) in [4.78, 5) is 13.7. The molecule has 1 fully saturated rings. The Bertz CT molecular complexity index is 433. The van der Waals surface area contributed by atoms with Gasteiger partial charge in [-0.05, 0) is 25.0 Å². The highest BCUT2D eigenvalue weighted by Gasteiger charge is 2.33. The summed E-state index contributed by atoms with van der Waals surface area (Å²) in [6.07, 6.45) is 1.90. The molecule has 0 atom stereocenters. The molecule has 1 aromatic carbocycles. The molecular weight excluding hydrogens is 223 g/mol. The zero-order valence-electron chi connectivity index (χ0n) is 9.40. The van der Waals surface area contributed by atoms with Gasteiger partial charge in [-0.1, -0.05) is 0 Å². The van der Waals surface area contributed by atoms with E-state index in [-0.39, 0.29) is 23.3 Å². The second-order valence-electron chi connectivity index (χ2n) is 4.18. The first kappa shape index (κ1) is 11.9. The number of rotatable bonds is 4. The second kappa shape index (κ2) is 4.71. The second-order valence-corrected chi connectivity index (χ2v) is 4.18. The van der Waals surface area contributed by atoms with Crippen LogP contribution in [-0.4, -0.2) is 35.0 Å². The minimum atomic E-state index is -0.697. The van der Waals surface area contributed by atoms with E-state index in [0.717, 1.165) is 18.9 Å². The summed E-state index contributed by atoms with van der Waals surface area (Å²) in [5.41, 5.74) is 5.43. The maximum absolute atomic E-state index is 13.5. The van der Waals surface area contributed by atoms with Crippen LogP contribution >= 0.6 is 0 Å². The molecule has 1 saturated carbocycles. The van der Waals surface area contributed by atoms with Crippen LogP contribution in [0, 0.1) is 5.82 Å². The predicted molar refractivity (Wildman–Crippen MR) is 61.2 cm³/mol. The molecule has 0 radical (unpaired) electrons. The Morgan fingerprint density at radius 1 is 1.53 bits per heavy atom. The standard InChI is InChI=1S/C12H15FN2O2/c13-11-7-9(16)3-4-10(11)12(17)15(6-5-14)8-1-2-8/h3-4,7-8,16H,1-2,5-6,14H2. The molecule has 17 heavy (non-hydrogen) atoms. The number of carbonyl (C=O) groups is 1. The third kappa shape index (κ3) is 2.55. The first-order valence-corrected chi connectivity index (χ1v) is 5.63. The number of amides is 1. The lowest BCUT2D eigenvalue weighted by molar-refractivity contribution is 0.0743. The quantitative estimate of drug-likeness (QED) is 0.825. The molecule has 4 nitrogen and oxygen atoms in total. The van der Waals surface area contributed by atoms with Crippen LogP contribution in [0.25, 0.3) is 0 Å². The lowest BCUT2D eigenvalue weighted by atomic mass is 10.1. The number of phenols is 1. The first-order valence-electron chi connectivity index (χ1n) is 5.63. The average Bonchev–Trinajstić information content (AvgIpc) is 3.09. The van der Waals surface area contributed by atoms with E-state index in [0.29, 0.717) is 13.1 Å². The van der Waals surface area contributed by atoms with Crippen LogP contribution in [0.3, 0.4) is 0 Å². The van der Waals surface area contributed by atoms with E-state index in [1.165, 1.54) is 12.1 Å². The van der Waals surface area contributed by atoms with Crippen molar-refractivity contribution in [2.45, 2.75) is 18.9 Å². The van der Waals surface area contributed by atoms with Crippen molar-refractivity contribution in [1.29, 1.82) is 0 Å². The lowest BCUT2D eigenvalue weighted by Gasteiger charge is -2.21. The molecule has 0 unspecified atom stereocenters. The SMILES string of the molecule is NCCN(C(=O)c1ccc(O)cc1F)C1CC1. The molecule has 3 N–H and O–H groups in total. The zero-order chi connectivity index (χ0) is 12.4. The smallest absolute Gasteiger partial charge is 0.257 e. The van der Waals surface area contributed by atoms with E-state index < -0.39 is 5.82 Å². The van der Waals surface area contributed by atoms with Crippen LogP contribution in [0.1, 0.15) is 23.2 Å². The molecule has 0 aliphatic heterocycles. The normalized spacial score (nSPS) is 14.7. The molecule has 0 bridgehead atoms. The summed E-state index contributed by atoms with van der Waals surface area (Å²) < 4.78 is 13.5. The van der Waals surface area contributed by atoms with Gasteiger partial charge in [-0.25, -0.2) is 4.39 Å². The topological polar surface area (TPSA) is 66.6 Å². The highest BCUT2D eigenvalue weighted by Crippen LogP contribution is 2.28. The molecule has 1 aliphatic rings. The molecule has 5 heteroatoms. The van der Waals surface area contributed by atoms with Gasteiger partial charge in [0.25, 0.3) is 5.91 Å². The fraction of sp³-hybridized carbons (Fsp3) is 0.417. The maximum Gasteiger partial charge on any atom is 0.257 e. The molecule has 92 valence electrons. The van der Waals surface area contributed by atoms with Gasteiger partial charge in [0.2, 0.25) is 0 Å². The van der Waals surface area contributed by atoms with Gasteiger partial charge in [-0.2, -0.15) is 0 Å². The summed E-state index contributed by atoms with van der Waals surface area (Å²) in [6.45, 7) is 0.797. The summed E-state index contributed by atoms with van der Waals surface area (Å²) in [6, 6.07) is 3.75. The van der Waals surface area contributed by atoms with Crippen molar-refractivity contribution in [3.63, 3.8) is 0 Å². The van der Waals surface area contributed by atoms with Crippen LogP contribution in [-0.2, 0) is 0 Å². The Morgan fingerprint density at radius 2 is 2.24 bits per heavy atom. The number of carbonyl (C=O) groups excluding carboxylic acids is 1. The third-order valence-electron chi connectivity index (χ3n) is 2.80. The molecule has 0 saturated heterocycles. The van der Waals surface area contributed by atoms with Crippen molar-refractivity contribution < 1.29 is 14.3 Å². The maximum atomic E-state index is 13.5. The number of benzene rings is 1. The minimum Gasteiger partial charge on any atom is -0.508 e. The van der Waals surface area contributed by atoms with Crippen molar-refractivity contribution in [2.75, 3.05) is 13.1 Å². The first-order chi connectivity index (χ1) is 8.13. The van der Waals surface area contributed by atoms with Gasteiger partial charge in [0.1, 0.15) is 11.6 Å². The van der Waals surface area contributed by atoms with Gasteiger partial charge in [0.05, 0.1) is 5.56 Å². The van der Waals surface area contributed by atoms with Gasteiger partial charge in [0.15, 0.2) is 0 Å². The van der Waals surface area contributed by atoms with Crippen molar-refractivity contribution in [1.82, 2.24) is 4.90 Å². The summed E-state index contributed by atoms with van der Waals surface area (Å²) in [5.74, 6) is -1.23. The Labute approximate surface area is 98.8 Å². The number of nitrogens with zero attached hydrogens (tertiary/aromatic N) is 1. The summed E-state index contributed by atoms with van der Waals surface area (Å²) in [7, 11) is 0. The van der Waals surface area contributed by atoms with Gasteiger partial charge >= 0.3 is 0 Å². The summed E-state index contributed by atoms with van der Waals surface area (Å²) >= 11 is 0. The number of nitrogens with two attached hydrogens (primary N) is 1. The largest absolute Gasteiger partial charge is 0.508 e. The third-order valence-corrected chi connectivity index (χ3v) is 2.80. The average molecular weight is 238 g/mol. The summed E-state index contributed by atoms with van der Waals surface area (Å²) in [5, 5.41) is 9.10. The minimum absolute atomic E-state index is 0.0110. The number of hydrogen-bond donors (Lipinski definition) is 2. The van der Waals surface area contributed by atoms with Gasteiger partial charge in [-0.3, -0.25) is 4.79 Å². The molecule has 0 aromatic heterocycles. The van der Waals surface area contributed by atoms with E-state index in [2.05, 4.69) is 0 Å². The number of aromatic hydroxyl groups is 1. The van der Waals surface area contributed by atoms with Crippen LogP contribution in [0.2, 0.25) is 0 Å². The highest BCUT2D eigenvalue weighted by atomic mass is 19.1. The molecule has 0 spiro atoms. The molecular formula is C12H15FN2O2. The highest BCUT2D eigenvalue weighted by molar-refractivity contribution is 5.95. The molecule has 1 aromatic rings. The molecule has 1 amide bonds. The van der Waals surface area contributed by atoms with Crippen LogP contribution < -0.4 is 5.73 Å². The lowest BCUT2D eigenvalue weighted by Crippen LogP contribution is -2.37. The van der Waals surface area contributed by atoms with Crippen molar-refractivity contribution in [2.24, 2.45) is 5.73 Å². The fourth-order valence-electron chi connectivity index (χ4n) is 1.81. The fourth-order valence-corrected chi connectivity index (χ4v) is 1.81. The van der Waals surface area contributed by atoms with E-state index in [1.807, 2.05) is 0 Å². The van der Waals surface area contributed by atoms with E-state index in [1.54, 1.807) is 4.90 Å². The number of phenolic OH excluding ortho intramolecular Hbond substituents is 1. The zero-order valence-corrected chi connectivity index (χ0v) is 9.40. The van der Waals surface area contributed by atoms with E-state index >= 15 is 0 Å². The Kier molecular flexibility index (Phi) is 3.28. The van der Waals surface area contributed by atoms with Crippen molar-refractivity contribution >= 4 is 5.91 Å². The Balaban J connectivity index is 2.22. The molecule has 2 rings (SSSR count).